The summed E-state index contributed by atoms with van der Waals surface area (Å²) in [7, 11) is 0. The van der Waals surface area contributed by atoms with Gasteiger partial charge < -0.3 is 5.73 Å². The molecule has 0 aromatic carbocycles. The minimum Gasteiger partial charge on any atom is -0.387 e. The molecule has 0 unspecified atom stereocenters. The third kappa shape index (κ3) is 2.80. The van der Waals surface area contributed by atoms with Gasteiger partial charge in [0, 0.05) is 5.41 Å². The molecule has 4 nitrogen and oxygen atoms in total. The molecule has 0 aliphatic rings. The lowest BCUT2D eigenvalue weighted by atomic mass is 9.95. The fourth-order valence-corrected chi connectivity index (χ4v) is 0.750. The highest BCUT2D eigenvalue weighted by molar-refractivity contribution is 5.87. The Labute approximate surface area is 84.3 Å². The summed E-state index contributed by atoms with van der Waals surface area (Å²) in [5, 5.41) is 0. The third-order valence-corrected chi connectivity index (χ3v) is 1.79. The number of amidine groups is 1. The molecule has 2 N–H and O–H groups in total. The van der Waals surface area contributed by atoms with Crippen LogP contribution in [0.1, 0.15) is 26.6 Å². The van der Waals surface area contributed by atoms with Gasteiger partial charge >= 0.3 is 0 Å². The summed E-state index contributed by atoms with van der Waals surface area (Å²) in [4.78, 5) is 12.3. The molecular weight excluding hydrogens is 176 g/mol. The topological polar surface area (TPSA) is 64.2 Å². The molecule has 0 saturated carbocycles. The standard InChI is InChI=1S/C10H16N4/c1-7-12-5-8(6-13-7)14-9(11)10(2,3)4/h5-6H,1-4H3,(H2,11,14). The van der Waals surface area contributed by atoms with Gasteiger partial charge in [0.25, 0.3) is 0 Å². The molecule has 0 saturated heterocycles. The quantitative estimate of drug-likeness (QED) is 0.545. The van der Waals surface area contributed by atoms with Crippen molar-refractivity contribution in [1.82, 2.24) is 9.97 Å². The van der Waals surface area contributed by atoms with Crippen molar-refractivity contribution in [2.45, 2.75) is 27.7 Å². The minimum atomic E-state index is -0.120. The van der Waals surface area contributed by atoms with Crippen molar-refractivity contribution in [3.8, 4) is 0 Å². The monoisotopic (exact) mass is 192 g/mol. The average molecular weight is 192 g/mol. The van der Waals surface area contributed by atoms with Gasteiger partial charge in [-0.3, -0.25) is 0 Å². The molecule has 0 spiro atoms. The first-order valence-electron chi connectivity index (χ1n) is 4.53. The van der Waals surface area contributed by atoms with E-state index >= 15 is 0 Å². The molecule has 1 aromatic heterocycles. The van der Waals surface area contributed by atoms with E-state index in [2.05, 4.69) is 15.0 Å². The number of nitrogens with zero attached hydrogens (tertiary/aromatic N) is 3. The average Bonchev–Trinajstić information content (AvgIpc) is 2.07. The second-order valence-electron chi connectivity index (χ2n) is 4.24. The van der Waals surface area contributed by atoms with E-state index in [4.69, 9.17) is 5.73 Å². The summed E-state index contributed by atoms with van der Waals surface area (Å²) < 4.78 is 0. The van der Waals surface area contributed by atoms with Gasteiger partial charge in [0.2, 0.25) is 0 Å². The van der Waals surface area contributed by atoms with Gasteiger partial charge in [0.05, 0.1) is 12.4 Å². The van der Waals surface area contributed by atoms with E-state index in [1.165, 1.54) is 0 Å². The maximum Gasteiger partial charge on any atom is 0.125 e. The zero-order valence-electron chi connectivity index (χ0n) is 9.07. The van der Waals surface area contributed by atoms with Crippen molar-refractivity contribution in [3.63, 3.8) is 0 Å². The largest absolute Gasteiger partial charge is 0.387 e. The smallest absolute Gasteiger partial charge is 0.125 e. The van der Waals surface area contributed by atoms with Crippen LogP contribution in [0.2, 0.25) is 0 Å². The Morgan fingerprint density at radius 1 is 1.29 bits per heavy atom. The highest BCUT2D eigenvalue weighted by Gasteiger charge is 2.15. The lowest BCUT2D eigenvalue weighted by molar-refractivity contribution is 0.585. The number of nitrogens with two attached hydrogens (primary N) is 1. The van der Waals surface area contributed by atoms with Crippen molar-refractivity contribution >= 4 is 11.5 Å². The van der Waals surface area contributed by atoms with Crippen LogP contribution in [-0.4, -0.2) is 15.8 Å². The predicted octanol–water partition coefficient (Wildman–Crippen LogP) is 1.82. The van der Waals surface area contributed by atoms with Gasteiger partial charge in [0.1, 0.15) is 17.3 Å². The second-order valence-corrected chi connectivity index (χ2v) is 4.24. The lowest BCUT2D eigenvalue weighted by Gasteiger charge is -2.16. The molecule has 1 rings (SSSR count). The highest BCUT2D eigenvalue weighted by atomic mass is 14.9. The highest BCUT2D eigenvalue weighted by Crippen LogP contribution is 2.16. The zero-order valence-corrected chi connectivity index (χ0v) is 9.07. The summed E-state index contributed by atoms with van der Waals surface area (Å²) in [6, 6.07) is 0. The second kappa shape index (κ2) is 3.74. The lowest BCUT2D eigenvalue weighted by Crippen LogP contribution is -2.28. The van der Waals surface area contributed by atoms with Crippen LogP contribution in [0.15, 0.2) is 17.4 Å². The minimum absolute atomic E-state index is 0.120. The molecule has 1 aromatic rings. The molecule has 1 heterocycles. The van der Waals surface area contributed by atoms with Crippen LogP contribution in [-0.2, 0) is 0 Å². The van der Waals surface area contributed by atoms with Crippen molar-refractivity contribution in [1.29, 1.82) is 0 Å². The Morgan fingerprint density at radius 3 is 2.21 bits per heavy atom. The summed E-state index contributed by atoms with van der Waals surface area (Å²) in [5.41, 5.74) is 6.39. The van der Waals surface area contributed by atoms with Crippen LogP contribution in [0.25, 0.3) is 0 Å². The molecule has 0 bridgehead atoms. The van der Waals surface area contributed by atoms with Crippen molar-refractivity contribution in [3.05, 3.63) is 18.2 Å². The Bertz CT molecular complexity index is 332. The van der Waals surface area contributed by atoms with Gasteiger partial charge in [-0.1, -0.05) is 20.8 Å². The first kappa shape index (κ1) is 10.6. The fraction of sp³-hybridized carbons (Fsp3) is 0.500. The zero-order chi connectivity index (χ0) is 10.8. The molecule has 0 fully saturated rings. The Kier molecular flexibility index (Phi) is 2.84. The van der Waals surface area contributed by atoms with E-state index in [-0.39, 0.29) is 5.41 Å². The molecule has 0 radical (unpaired) electrons. The van der Waals surface area contributed by atoms with Crippen LogP contribution in [0.4, 0.5) is 5.69 Å². The number of rotatable bonds is 1. The molecule has 0 aliphatic heterocycles. The molecule has 0 amide bonds. The van der Waals surface area contributed by atoms with E-state index in [0.717, 1.165) is 5.82 Å². The Hall–Kier alpha value is -1.45. The number of aromatic nitrogens is 2. The summed E-state index contributed by atoms with van der Waals surface area (Å²) in [5.74, 6) is 1.32. The molecule has 0 aliphatic carbocycles. The number of hydrogen-bond acceptors (Lipinski definition) is 3. The van der Waals surface area contributed by atoms with Crippen LogP contribution < -0.4 is 5.73 Å². The molecular formula is C10H16N4. The van der Waals surface area contributed by atoms with Crippen molar-refractivity contribution < 1.29 is 0 Å². The van der Waals surface area contributed by atoms with Gasteiger partial charge in [-0.05, 0) is 6.92 Å². The van der Waals surface area contributed by atoms with Gasteiger partial charge in [-0.2, -0.15) is 0 Å². The van der Waals surface area contributed by atoms with E-state index in [1.54, 1.807) is 12.4 Å². The molecule has 4 heteroatoms. The first-order valence-corrected chi connectivity index (χ1v) is 4.53. The predicted molar refractivity (Wildman–Crippen MR) is 57.5 cm³/mol. The first-order chi connectivity index (χ1) is 6.39. The normalized spacial score (nSPS) is 13.0. The van der Waals surface area contributed by atoms with Gasteiger partial charge in [-0.15, -0.1) is 0 Å². The summed E-state index contributed by atoms with van der Waals surface area (Å²) >= 11 is 0. The van der Waals surface area contributed by atoms with Crippen molar-refractivity contribution in [2.24, 2.45) is 16.1 Å². The summed E-state index contributed by atoms with van der Waals surface area (Å²) in [6.07, 6.45) is 3.34. The van der Waals surface area contributed by atoms with E-state index in [0.29, 0.717) is 11.5 Å². The van der Waals surface area contributed by atoms with Crippen molar-refractivity contribution in [2.75, 3.05) is 0 Å². The molecule has 14 heavy (non-hydrogen) atoms. The molecule has 76 valence electrons. The SMILES string of the molecule is Cc1ncc(N=C(N)C(C)(C)C)cn1. The van der Waals surface area contributed by atoms with Crippen LogP contribution in [0.3, 0.4) is 0 Å². The number of hydrogen-bond donors (Lipinski definition) is 1. The van der Waals surface area contributed by atoms with Gasteiger partial charge in [0.15, 0.2) is 0 Å². The molecule has 0 atom stereocenters. The van der Waals surface area contributed by atoms with Crippen LogP contribution in [0, 0.1) is 12.3 Å². The fourth-order valence-electron chi connectivity index (χ4n) is 0.750. The third-order valence-electron chi connectivity index (χ3n) is 1.79. The van der Waals surface area contributed by atoms with Crippen LogP contribution >= 0.6 is 0 Å². The van der Waals surface area contributed by atoms with Gasteiger partial charge in [-0.25, -0.2) is 15.0 Å². The van der Waals surface area contributed by atoms with E-state index < -0.39 is 0 Å². The Balaban J connectivity index is 2.93. The number of aliphatic imine (C=N–C) groups is 1. The summed E-state index contributed by atoms with van der Waals surface area (Å²) in [6.45, 7) is 7.88. The van der Waals surface area contributed by atoms with E-state index in [9.17, 15) is 0 Å². The maximum atomic E-state index is 5.82. The van der Waals surface area contributed by atoms with E-state index in [1.807, 2.05) is 27.7 Å². The Morgan fingerprint density at radius 2 is 1.79 bits per heavy atom. The van der Waals surface area contributed by atoms with Crippen LogP contribution in [0.5, 0.6) is 0 Å². The maximum absolute atomic E-state index is 5.82. The number of aryl methyl sites for hydroxylation is 1.